The highest BCUT2D eigenvalue weighted by Gasteiger charge is 2.19. The van der Waals surface area contributed by atoms with Gasteiger partial charge in [-0.05, 0) is 74.8 Å². The van der Waals surface area contributed by atoms with E-state index >= 15 is 0 Å². The minimum Gasteiger partial charge on any atom is -0.278 e. The number of benzene rings is 9. The molecule has 3 aromatic heterocycles. The molecule has 62 heavy (non-hydrogen) atoms. The summed E-state index contributed by atoms with van der Waals surface area (Å²) >= 11 is 1.87. The standard InChI is InChI=1S/C57H36N4S/c1-3-13-37(14-4-1)39-25-29-41(30-26-39)55-58-56(42-31-27-40(28-32-42)38-15-5-2-6-16-38)60-57(59-55)61-51-23-9-7-19-47(51)50-36-44(33-34-52(50)61)43-17-11-18-45(35-43)46-21-12-22-49-48-20-8-10-24-53(48)62-54(46)49/h1-36H. The summed E-state index contributed by atoms with van der Waals surface area (Å²) in [5, 5.41) is 4.89. The first-order valence-electron chi connectivity index (χ1n) is 20.8. The second-order valence-electron chi connectivity index (χ2n) is 15.6. The third kappa shape index (κ3) is 6.26. The molecule has 12 aromatic rings. The third-order valence-corrected chi connectivity index (χ3v) is 13.1. The van der Waals surface area contributed by atoms with E-state index < -0.39 is 0 Å². The monoisotopic (exact) mass is 808 g/mol. The Labute approximate surface area is 362 Å². The average molecular weight is 809 g/mol. The maximum atomic E-state index is 5.25. The topological polar surface area (TPSA) is 43.6 Å². The minimum absolute atomic E-state index is 0.571. The van der Waals surface area contributed by atoms with Gasteiger partial charge in [0, 0.05) is 42.1 Å². The summed E-state index contributed by atoms with van der Waals surface area (Å²) in [5.74, 6) is 1.80. The second kappa shape index (κ2) is 14.9. The Kier molecular flexibility index (Phi) is 8.65. The summed E-state index contributed by atoms with van der Waals surface area (Å²) in [6, 6.07) is 77.5. The first-order chi connectivity index (χ1) is 30.7. The van der Waals surface area contributed by atoms with E-state index in [1.165, 1.54) is 48.0 Å². The molecule has 0 aliphatic heterocycles. The predicted molar refractivity (Wildman–Crippen MR) is 260 cm³/mol. The summed E-state index contributed by atoms with van der Waals surface area (Å²) in [4.78, 5) is 15.6. The molecular weight excluding hydrogens is 773 g/mol. The van der Waals surface area contributed by atoms with Crippen LogP contribution in [0.1, 0.15) is 0 Å². The van der Waals surface area contributed by atoms with E-state index in [0.717, 1.165) is 49.6 Å². The highest BCUT2D eigenvalue weighted by molar-refractivity contribution is 7.26. The number of rotatable bonds is 7. The lowest BCUT2D eigenvalue weighted by Crippen LogP contribution is -2.06. The Morgan fingerprint density at radius 2 is 0.790 bits per heavy atom. The van der Waals surface area contributed by atoms with Crippen LogP contribution in [0.2, 0.25) is 0 Å². The summed E-state index contributed by atoms with van der Waals surface area (Å²) in [6.07, 6.45) is 0. The van der Waals surface area contributed by atoms with Crippen molar-refractivity contribution in [1.82, 2.24) is 19.5 Å². The SMILES string of the molecule is c1ccc(-c2ccc(-c3nc(-c4ccc(-c5ccccc5)cc4)nc(-n4c5ccccc5c5cc(-c6cccc(-c7cccc8c7sc7ccccc78)c6)ccc54)n3)cc2)cc1. The van der Waals surface area contributed by atoms with Gasteiger partial charge in [0.15, 0.2) is 11.6 Å². The van der Waals surface area contributed by atoms with Crippen LogP contribution >= 0.6 is 11.3 Å². The van der Waals surface area contributed by atoms with E-state index in [0.29, 0.717) is 17.6 Å². The molecule has 0 aliphatic rings. The normalized spacial score (nSPS) is 11.5. The number of thiophene rings is 1. The van der Waals surface area contributed by atoms with Crippen molar-refractivity contribution in [3.05, 3.63) is 218 Å². The Bertz CT molecular complexity index is 3510. The molecule has 0 radical (unpaired) electrons. The molecule has 0 N–H and O–H groups in total. The molecule has 0 bridgehead atoms. The van der Waals surface area contributed by atoms with Crippen LogP contribution in [-0.2, 0) is 0 Å². The molecule has 0 amide bonds. The van der Waals surface area contributed by atoms with Crippen LogP contribution in [0.4, 0.5) is 0 Å². The van der Waals surface area contributed by atoms with Crippen LogP contribution in [0.5, 0.6) is 0 Å². The fourth-order valence-corrected chi connectivity index (χ4v) is 10.1. The summed E-state index contributed by atoms with van der Waals surface area (Å²) < 4.78 is 4.82. The van der Waals surface area contributed by atoms with Crippen molar-refractivity contribution in [2.45, 2.75) is 0 Å². The van der Waals surface area contributed by atoms with E-state index in [-0.39, 0.29) is 0 Å². The number of para-hydroxylation sites is 1. The van der Waals surface area contributed by atoms with Gasteiger partial charge < -0.3 is 0 Å². The lowest BCUT2D eigenvalue weighted by atomic mass is 9.97. The number of aromatic nitrogens is 4. The van der Waals surface area contributed by atoms with Crippen LogP contribution in [-0.4, -0.2) is 19.5 Å². The zero-order valence-electron chi connectivity index (χ0n) is 33.5. The highest BCUT2D eigenvalue weighted by atomic mass is 32.1. The predicted octanol–water partition coefficient (Wildman–Crippen LogP) is 15.3. The van der Waals surface area contributed by atoms with E-state index in [1.54, 1.807) is 0 Å². The van der Waals surface area contributed by atoms with Crippen molar-refractivity contribution >= 4 is 53.3 Å². The highest BCUT2D eigenvalue weighted by Crippen LogP contribution is 2.41. The van der Waals surface area contributed by atoms with Crippen LogP contribution in [0.25, 0.3) is 115 Å². The molecular formula is C57H36N4S. The molecule has 0 unspecified atom stereocenters. The number of hydrogen-bond acceptors (Lipinski definition) is 4. The van der Waals surface area contributed by atoms with Gasteiger partial charge in [-0.2, -0.15) is 9.97 Å². The first kappa shape index (κ1) is 35.9. The van der Waals surface area contributed by atoms with Gasteiger partial charge in [0.25, 0.3) is 0 Å². The lowest BCUT2D eigenvalue weighted by molar-refractivity contribution is 0.953. The van der Waals surface area contributed by atoms with Gasteiger partial charge >= 0.3 is 0 Å². The fourth-order valence-electron chi connectivity index (χ4n) is 8.82. The van der Waals surface area contributed by atoms with Gasteiger partial charge in [-0.3, -0.25) is 4.57 Å². The molecule has 0 atom stereocenters. The van der Waals surface area contributed by atoms with Gasteiger partial charge in [0.1, 0.15) is 0 Å². The number of hydrogen-bond donors (Lipinski definition) is 0. The molecule has 9 aromatic carbocycles. The zero-order valence-corrected chi connectivity index (χ0v) is 34.3. The molecule has 12 rings (SSSR count). The van der Waals surface area contributed by atoms with E-state index in [1.807, 2.05) is 23.5 Å². The Hall–Kier alpha value is -7.99. The second-order valence-corrected chi connectivity index (χ2v) is 16.7. The van der Waals surface area contributed by atoms with Crippen molar-refractivity contribution in [2.24, 2.45) is 0 Å². The minimum atomic E-state index is 0.571. The Morgan fingerprint density at radius 1 is 0.306 bits per heavy atom. The van der Waals surface area contributed by atoms with Crippen molar-refractivity contribution in [2.75, 3.05) is 0 Å². The maximum absolute atomic E-state index is 5.25. The smallest absolute Gasteiger partial charge is 0.238 e. The number of nitrogens with zero attached hydrogens (tertiary/aromatic N) is 4. The molecule has 3 heterocycles. The maximum Gasteiger partial charge on any atom is 0.238 e. The van der Waals surface area contributed by atoms with Crippen LogP contribution in [0.3, 0.4) is 0 Å². The quantitative estimate of drug-likeness (QED) is 0.161. The summed E-state index contributed by atoms with van der Waals surface area (Å²) in [7, 11) is 0. The number of fused-ring (bicyclic) bond motifs is 6. The molecule has 0 spiro atoms. The molecule has 0 saturated heterocycles. The van der Waals surface area contributed by atoms with Gasteiger partial charge in [-0.15, -0.1) is 11.3 Å². The largest absolute Gasteiger partial charge is 0.278 e. The van der Waals surface area contributed by atoms with Crippen molar-refractivity contribution in [1.29, 1.82) is 0 Å². The molecule has 0 saturated carbocycles. The van der Waals surface area contributed by atoms with Crippen molar-refractivity contribution in [3.63, 3.8) is 0 Å². The van der Waals surface area contributed by atoms with E-state index in [4.69, 9.17) is 15.0 Å². The van der Waals surface area contributed by atoms with Crippen LogP contribution < -0.4 is 0 Å². The van der Waals surface area contributed by atoms with Gasteiger partial charge in [0.2, 0.25) is 5.95 Å². The van der Waals surface area contributed by atoms with Crippen molar-refractivity contribution in [3.8, 4) is 73.2 Å². The molecule has 5 heteroatoms. The van der Waals surface area contributed by atoms with Crippen LogP contribution in [0, 0.1) is 0 Å². The zero-order chi connectivity index (χ0) is 41.0. The van der Waals surface area contributed by atoms with Gasteiger partial charge in [0.05, 0.1) is 11.0 Å². The summed E-state index contributed by atoms with van der Waals surface area (Å²) in [5.41, 5.74) is 13.3. The summed E-state index contributed by atoms with van der Waals surface area (Å²) in [6.45, 7) is 0. The Balaban J connectivity index is 0.991. The molecule has 4 nitrogen and oxygen atoms in total. The average Bonchev–Trinajstić information content (AvgIpc) is 3.90. The van der Waals surface area contributed by atoms with E-state index in [2.05, 4.69) is 211 Å². The van der Waals surface area contributed by atoms with Gasteiger partial charge in [-0.1, -0.05) is 188 Å². The van der Waals surface area contributed by atoms with Crippen molar-refractivity contribution < 1.29 is 0 Å². The fraction of sp³-hybridized carbons (Fsp3) is 0. The first-order valence-corrected chi connectivity index (χ1v) is 21.7. The van der Waals surface area contributed by atoms with E-state index in [9.17, 15) is 0 Å². The van der Waals surface area contributed by atoms with Crippen LogP contribution in [0.15, 0.2) is 218 Å². The Morgan fingerprint density at radius 3 is 1.48 bits per heavy atom. The lowest BCUT2D eigenvalue weighted by Gasteiger charge is -2.12. The third-order valence-electron chi connectivity index (χ3n) is 11.9. The molecule has 0 aliphatic carbocycles. The van der Waals surface area contributed by atoms with Gasteiger partial charge in [-0.25, -0.2) is 4.98 Å². The molecule has 290 valence electrons. The molecule has 0 fully saturated rings.